The molecule has 0 aromatic carbocycles. The number of carbonyl (C=O) groups excluding carboxylic acids is 1. The Kier molecular flexibility index (Phi) is 42.9. The second-order valence-corrected chi connectivity index (χ2v) is 17.2. The second-order valence-electron chi connectivity index (χ2n) is 17.2. The summed E-state index contributed by atoms with van der Waals surface area (Å²) in [5.74, 6) is -0.578. The van der Waals surface area contributed by atoms with Crippen molar-refractivity contribution in [3.05, 3.63) is 0 Å². The number of rotatable bonds is 45. The molecule has 0 spiro atoms. The highest BCUT2D eigenvalue weighted by atomic mass is 16.3. The minimum atomic E-state index is -1.25. The maximum absolute atomic E-state index is 12.5. The zero-order chi connectivity index (χ0) is 39.6. The summed E-state index contributed by atoms with van der Waals surface area (Å²) in [5, 5.41) is 43.8. The Labute approximate surface area is 337 Å². The van der Waals surface area contributed by atoms with Crippen molar-refractivity contribution in [3.63, 3.8) is 0 Å². The van der Waals surface area contributed by atoms with Crippen molar-refractivity contribution in [1.29, 1.82) is 0 Å². The molecule has 6 nitrogen and oxygen atoms in total. The molecule has 5 N–H and O–H groups in total. The zero-order valence-corrected chi connectivity index (χ0v) is 36.5. The largest absolute Gasteiger partial charge is 0.394 e. The van der Waals surface area contributed by atoms with E-state index >= 15 is 0 Å². The highest BCUT2D eigenvalue weighted by molar-refractivity contribution is 5.80. The lowest BCUT2D eigenvalue weighted by atomic mass is 9.99. The molecule has 0 bridgehead atoms. The SMILES string of the molecule is CCCCCCCCCCCCCCCCCCCCCCCC(O)C(O)C(CO)NC(=O)C(O)CCCCCCCCCCCCCCCCCCC. The lowest BCUT2D eigenvalue weighted by molar-refractivity contribution is -0.132. The van der Waals surface area contributed by atoms with Gasteiger partial charge in [0.05, 0.1) is 18.8 Å². The number of nitrogens with one attached hydrogen (secondary N) is 1. The molecule has 0 aliphatic heterocycles. The number of carbonyl (C=O) groups is 1. The molecular weight excluding hydrogens is 671 g/mol. The van der Waals surface area contributed by atoms with Gasteiger partial charge >= 0.3 is 0 Å². The summed E-state index contributed by atoms with van der Waals surface area (Å²) < 4.78 is 0. The number of amides is 1. The highest BCUT2D eigenvalue weighted by Gasteiger charge is 2.28. The molecule has 0 saturated carbocycles. The standard InChI is InChI=1S/C48H97NO5/c1-3-5-7-9-11-13-15-17-19-21-22-23-24-26-27-29-31-33-35-37-39-41-45(51)47(53)44(43-50)49-48(54)46(52)42-40-38-36-34-32-30-28-25-20-18-16-14-12-10-8-6-4-2/h44-47,50-53H,3-43H2,1-2H3,(H,49,54). The molecule has 0 aromatic rings. The first-order valence-electron chi connectivity index (χ1n) is 24.4. The summed E-state index contributed by atoms with van der Waals surface area (Å²) in [6.07, 6.45) is 47.1. The zero-order valence-electron chi connectivity index (χ0n) is 36.5. The van der Waals surface area contributed by atoms with E-state index in [-0.39, 0.29) is 0 Å². The summed E-state index contributed by atoms with van der Waals surface area (Å²) >= 11 is 0. The van der Waals surface area contributed by atoms with Gasteiger partial charge in [-0.3, -0.25) is 4.79 Å². The topological polar surface area (TPSA) is 110 Å². The van der Waals surface area contributed by atoms with E-state index in [0.29, 0.717) is 12.8 Å². The molecule has 0 heterocycles. The van der Waals surface area contributed by atoms with Gasteiger partial charge in [0, 0.05) is 0 Å². The molecule has 0 aliphatic carbocycles. The first-order chi connectivity index (χ1) is 26.5. The average Bonchev–Trinajstić information content (AvgIpc) is 3.18. The van der Waals surface area contributed by atoms with E-state index in [1.807, 2.05) is 0 Å². The fourth-order valence-electron chi connectivity index (χ4n) is 7.94. The molecule has 0 saturated heterocycles. The number of hydrogen-bond donors (Lipinski definition) is 5. The second kappa shape index (κ2) is 43.4. The van der Waals surface area contributed by atoms with Crippen LogP contribution in [0.1, 0.15) is 271 Å². The van der Waals surface area contributed by atoms with Gasteiger partial charge in [-0.1, -0.05) is 258 Å². The van der Waals surface area contributed by atoms with Crippen LogP contribution in [0.2, 0.25) is 0 Å². The Morgan fingerprint density at radius 2 is 0.630 bits per heavy atom. The van der Waals surface area contributed by atoms with Crippen LogP contribution in [0.4, 0.5) is 0 Å². The number of unbranched alkanes of at least 4 members (excludes halogenated alkanes) is 36. The van der Waals surface area contributed by atoms with Crippen LogP contribution in [-0.2, 0) is 4.79 Å². The maximum Gasteiger partial charge on any atom is 0.249 e. The van der Waals surface area contributed by atoms with Crippen LogP contribution >= 0.6 is 0 Å². The Morgan fingerprint density at radius 1 is 0.389 bits per heavy atom. The van der Waals surface area contributed by atoms with Gasteiger partial charge in [-0.25, -0.2) is 0 Å². The van der Waals surface area contributed by atoms with Crippen molar-refractivity contribution < 1.29 is 25.2 Å². The third-order valence-electron chi connectivity index (χ3n) is 11.8. The van der Waals surface area contributed by atoms with Gasteiger partial charge in [0.15, 0.2) is 0 Å². The van der Waals surface area contributed by atoms with Crippen molar-refractivity contribution in [2.24, 2.45) is 0 Å². The summed E-state index contributed by atoms with van der Waals surface area (Å²) in [7, 11) is 0. The van der Waals surface area contributed by atoms with E-state index in [1.54, 1.807) is 0 Å². The van der Waals surface area contributed by atoms with E-state index in [9.17, 15) is 25.2 Å². The third-order valence-corrected chi connectivity index (χ3v) is 11.8. The van der Waals surface area contributed by atoms with Crippen LogP contribution in [0.3, 0.4) is 0 Å². The Bertz CT molecular complexity index is 736. The summed E-state index contributed by atoms with van der Waals surface area (Å²) in [6, 6.07) is -0.979. The fourth-order valence-corrected chi connectivity index (χ4v) is 7.94. The first kappa shape index (κ1) is 53.3. The van der Waals surface area contributed by atoms with E-state index < -0.39 is 36.9 Å². The molecule has 4 unspecified atom stereocenters. The average molecular weight is 768 g/mol. The number of hydrogen-bond acceptors (Lipinski definition) is 5. The lowest BCUT2D eigenvalue weighted by Gasteiger charge is -2.27. The molecule has 0 radical (unpaired) electrons. The van der Waals surface area contributed by atoms with Crippen molar-refractivity contribution in [3.8, 4) is 0 Å². The van der Waals surface area contributed by atoms with E-state index in [1.165, 1.54) is 205 Å². The third kappa shape index (κ3) is 36.9. The minimum Gasteiger partial charge on any atom is -0.394 e. The van der Waals surface area contributed by atoms with Crippen LogP contribution in [-0.4, -0.2) is 57.3 Å². The predicted molar refractivity (Wildman–Crippen MR) is 233 cm³/mol. The van der Waals surface area contributed by atoms with Gasteiger partial charge < -0.3 is 25.7 Å². The van der Waals surface area contributed by atoms with Gasteiger partial charge in [0.1, 0.15) is 12.2 Å². The van der Waals surface area contributed by atoms with Crippen LogP contribution in [0.15, 0.2) is 0 Å². The summed E-state index contributed by atoms with van der Waals surface area (Å²) in [4.78, 5) is 12.5. The maximum atomic E-state index is 12.5. The van der Waals surface area contributed by atoms with Crippen LogP contribution < -0.4 is 5.32 Å². The highest BCUT2D eigenvalue weighted by Crippen LogP contribution is 2.18. The van der Waals surface area contributed by atoms with Crippen molar-refractivity contribution in [1.82, 2.24) is 5.32 Å². The van der Waals surface area contributed by atoms with Crippen LogP contribution in [0, 0.1) is 0 Å². The molecule has 54 heavy (non-hydrogen) atoms. The van der Waals surface area contributed by atoms with E-state index in [4.69, 9.17) is 0 Å². The number of aliphatic hydroxyl groups is 4. The van der Waals surface area contributed by atoms with E-state index in [0.717, 1.165) is 38.5 Å². The normalized spacial score (nSPS) is 14.0. The predicted octanol–water partition coefficient (Wildman–Crippen LogP) is 13.2. The quantitative estimate of drug-likeness (QED) is 0.0396. The van der Waals surface area contributed by atoms with Crippen LogP contribution in [0.25, 0.3) is 0 Å². The minimum absolute atomic E-state index is 0.376. The Morgan fingerprint density at radius 3 is 0.889 bits per heavy atom. The first-order valence-corrected chi connectivity index (χ1v) is 24.4. The summed E-state index contributed by atoms with van der Waals surface area (Å²) in [5.41, 5.74) is 0. The van der Waals surface area contributed by atoms with Crippen molar-refractivity contribution >= 4 is 5.91 Å². The van der Waals surface area contributed by atoms with Gasteiger partial charge in [-0.15, -0.1) is 0 Å². The fraction of sp³-hybridized carbons (Fsp3) is 0.979. The number of aliphatic hydroxyl groups excluding tert-OH is 4. The molecule has 324 valence electrons. The van der Waals surface area contributed by atoms with Gasteiger partial charge in [-0.2, -0.15) is 0 Å². The monoisotopic (exact) mass is 768 g/mol. The molecule has 0 fully saturated rings. The molecule has 4 atom stereocenters. The van der Waals surface area contributed by atoms with Gasteiger partial charge in [-0.05, 0) is 12.8 Å². The molecule has 6 heteroatoms. The smallest absolute Gasteiger partial charge is 0.249 e. The van der Waals surface area contributed by atoms with Crippen molar-refractivity contribution in [2.45, 2.75) is 295 Å². The molecule has 1 amide bonds. The molecule has 0 aromatic heterocycles. The van der Waals surface area contributed by atoms with Gasteiger partial charge in [0.2, 0.25) is 5.91 Å². The lowest BCUT2D eigenvalue weighted by Crippen LogP contribution is -2.53. The van der Waals surface area contributed by atoms with E-state index in [2.05, 4.69) is 19.2 Å². The Hall–Kier alpha value is -0.690. The van der Waals surface area contributed by atoms with Crippen molar-refractivity contribution in [2.75, 3.05) is 6.61 Å². The van der Waals surface area contributed by atoms with Gasteiger partial charge in [0.25, 0.3) is 0 Å². The summed E-state index contributed by atoms with van der Waals surface area (Å²) in [6.45, 7) is 4.08. The molecule has 0 aliphatic rings. The molecular formula is C48H97NO5. The Balaban J connectivity index is 3.65. The molecule has 0 rings (SSSR count). The van der Waals surface area contributed by atoms with Crippen LogP contribution in [0.5, 0.6) is 0 Å².